The van der Waals surface area contributed by atoms with Crippen molar-refractivity contribution in [2.45, 2.75) is 32.4 Å². The van der Waals surface area contributed by atoms with E-state index < -0.39 is 47.1 Å². The molecule has 0 bridgehead atoms. The summed E-state index contributed by atoms with van der Waals surface area (Å²) in [5.74, 6) is -4.14. The average Bonchev–Trinajstić information content (AvgIpc) is 3.01. The number of aryl methyl sites for hydroxylation is 1. The second-order valence-corrected chi connectivity index (χ2v) is 7.60. The summed E-state index contributed by atoms with van der Waals surface area (Å²) in [6, 6.07) is 6.31. The van der Waals surface area contributed by atoms with Crippen LogP contribution in [0.4, 0.5) is 0 Å². The minimum absolute atomic E-state index is 0.0135. The molecule has 4 rings (SSSR count). The van der Waals surface area contributed by atoms with Gasteiger partial charge in [-0.3, -0.25) is 34.2 Å². The van der Waals surface area contributed by atoms with Gasteiger partial charge in [-0.15, -0.1) is 0 Å². The van der Waals surface area contributed by atoms with Crippen LogP contribution in [0.15, 0.2) is 30.3 Å². The van der Waals surface area contributed by atoms with Crippen LogP contribution in [0.25, 0.3) is 0 Å². The smallest absolute Gasteiger partial charge is 0.262 e. The summed E-state index contributed by atoms with van der Waals surface area (Å²) >= 11 is 0. The summed E-state index contributed by atoms with van der Waals surface area (Å²) < 4.78 is 0. The Hall–Kier alpha value is -4.21. The van der Waals surface area contributed by atoms with Gasteiger partial charge in [-0.05, 0) is 36.6 Å². The predicted molar refractivity (Wildman–Crippen MR) is 109 cm³/mol. The quantitative estimate of drug-likeness (QED) is 0.406. The van der Waals surface area contributed by atoms with Crippen molar-refractivity contribution in [3.8, 4) is 11.5 Å². The zero-order chi connectivity index (χ0) is 23.2. The number of carbonyl (C=O) groups excluding carboxylic acids is 5. The highest BCUT2D eigenvalue weighted by atomic mass is 16.3. The van der Waals surface area contributed by atoms with Crippen molar-refractivity contribution in [2.24, 2.45) is 0 Å². The molecule has 32 heavy (non-hydrogen) atoms. The van der Waals surface area contributed by atoms with Crippen molar-refractivity contribution in [1.82, 2.24) is 15.5 Å². The molecule has 10 heteroatoms. The van der Waals surface area contributed by atoms with Crippen LogP contribution in [0.2, 0.25) is 0 Å². The summed E-state index contributed by atoms with van der Waals surface area (Å²) in [6.07, 6.45) is 0.0536. The van der Waals surface area contributed by atoms with Crippen LogP contribution in [0.5, 0.6) is 11.5 Å². The molecule has 2 aliphatic rings. The number of hydrogen-bond donors (Lipinski definition) is 4. The van der Waals surface area contributed by atoms with Gasteiger partial charge < -0.3 is 15.5 Å². The van der Waals surface area contributed by atoms with E-state index in [4.69, 9.17) is 0 Å². The van der Waals surface area contributed by atoms with Gasteiger partial charge in [0.1, 0.15) is 6.04 Å². The fourth-order valence-corrected chi connectivity index (χ4v) is 3.87. The summed E-state index contributed by atoms with van der Waals surface area (Å²) in [5.41, 5.74) is 0.770. The molecule has 0 radical (unpaired) electrons. The molecule has 2 aromatic rings. The zero-order valence-electron chi connectivity index (χ0n) is 17.0. The molecule has 1 saturated heterocycles. The number of aromatic hydroxyl groups is 2. The van der Waals surface area contributed by atoms with Gasteiger partial charge in [-0.25, -0.2) is 0 Å². The van der Waals surface area contributed by atoms with Crippen LogP contribution in [-0.4, -0.2) is 50.7 Å². The van der Waals surface area contributed by atoms with Crippen LogP contribution in [0, 0.1) is 6.92 Å². The monoisotopic (exact) mass is 437 g/mol. The Morgan fingerprint density at radius 1 is 1.09 bits per heavy atom. The minimum Gasteiger partial charge on any atom is -0.504 e. The fourth-order valence-electron chi connectivity index (χ4n) is 3.87. The van der Waals surface area contributed by atoms with Crippen molar-refractivity contribution < 1.29 is 34.2 Å². The van der Waals surface area contributed by atoms with E-state index in [1.54, 1.807) is 19.1 Å². The Labute approximate surface area is 181 Å². The lowest BCUT2D eigenvalue weighted by Gasteiger charge is -2.27. The number of phenols is 2. The molecule has 10 nitrogen and oxygen atoms in total. The van der Waals surface area contributed by atoms with Gasteiger partial charge in [0.05, 0.1) is 16.7 Å². The molecule has 0 aliphatic carbocycles. The second-order valence-electron chi connectivity index (χ2n) is 7.60. The first kappa shape index (κ1) is 21.0. The van der Waals surface area contributed by atoms with Gasteiger partial charge in [0.25, 0.3) is 17.7 Å². The number of carbonyl (C=O) groups is 5. The molecule has 1 unspecified atom stereocenters. The molecule has 2 aromatic carbocycles. The summed E-state index contributed by atoms with van der Waals surface area (Å²) in [6.45, 7) is 1.43. The van der Waals surface area contributed by atoms with Gasteiger partial charge >= 0.3 is 0 Å². The van der Waals surface area contributed by atoms with E-state index in [9.17, 15) is 34.2 Å². The molecule has 4 N–H and O–H groups in total. The molecule has 5 amide bonds. The number of nitrogens with zero attached hydrogens (tertiary/aromatic N) is 1. The van der Waals surface area contributed by atoms with Gasteiger partial charge in [-0.1, -0.05) is 18.2 Å². The van der Waals surface area contributed by atoms with Crippen LogP contribution in [0.1, 0.15) is 55.0 Å². The number of nitrogens with one attached hydrogen (secondary N) is 2. The number of amides is 5. The normalized spacial score (nSPS) is 17.9. The Morgan fingerprint density at radius 3 is 2.56 bits per heavy atom. The zero-order valence-corrected chi connectivity index (χ0v) is 17.0. The van der Waals surface area contributed by atoms with Gasteiger partial charge in [0.15, 0.2) is 11.5 Å². The highest BCUT2D eigenvalue weighted by Gasteiger charge is 2.45. The maximum absolute atomic E-state index is 13.1. The van der Waals surface area contributed by atoms with Crippen LogP contribution < -0.4 is 10.6 Å². The van der Waals surface area contributed by atoms with Crippen molar-refractivity contribution in [2.75, 3.05) is 0 Å². The average molecular weight is 437 g/mol. The van der Waals surface area contributed by atoms with Gasteiger partial charge in [-0.2, -0.15) is 0 Å². The lowest BCUT2D eigenvalue weighted by atomic mass is 10.0. The van der Waals surface area contributed by atoms with E-state index in [0.717, 1.165) is 4.90 Å². The van der Waals surface area contributed by atoms with Crippen molar-refractivity contribution in [3.63, 3.8) is 0 Å². The lowest BCUT2D eigenvalue weighted by Crippen LogP contribution is -2.54. The Bertz CT molecular complexity index is 1200. The predicted octanol–water partition coefficient (Wildman–Crippen LogP) is 0.737. The topological polar surface area (TPSA) is 153 Å². The molecular weight excluding hydrogens is 418 g/mol. The maximum atomic E-state index is 13.1. The van der Waals surface area contributed by atoms with E-state index in [-0.39, 0.29) is 36.1 Å². The van der Waals surface area contributed by atoms with Gasteiger partial charge in [0.2, 0.25) is 11.8 Å². The Balaban J connectivity index is 1.57. The highest BCUT2D eigenvalue weighted by molar-refractivity contribution is 6.24. The Kier molecular flexibility index (Phi) is 5.13. The minimum atomic E-state index is -1.09. The van der Waals surface area contributed by atoms with Crippen LogP contribution >= 0.6 is 0 Å². The van der Waals surface area contributed by atoms with E-state index in [2.05, 4.69) is 10.6 Å². The largest absolute Gasteiger partial charge is 0.504 e. The van der Waals surface area contributed by atoms with E-state index in [1.165, 1.54) is 18.2 Å². The van der Waals surface area contributed by atoms with Crippen molar-refractivity contribution >= 4 is 29.5 Å². The van der Waals surface area contributed by atoms with Crippen molar-refractivity contribution in [3.05, 3.63) is 58.1 Å². The number of phenolic OH excluding ortho intramolecular Hbond substituents is 2. The third kappa shape index (κ3) is 3.35. The summed E-state index contributed by atoms with van der Waals surface area (Å²) in [4.78, 5) is 62.9. The molecule has 1 atom stereocenters. The van der Waals surface area contributed by atoms with Gasteiger partial charge in [0, 0.05) is 13.0 Å². The number of benzene rings is 2. The first-order valence-electron chi connectivity index (χ1n) is 9.84. The number of piperidine rings is 1. The molecule has 0 saturated carbocycles. The van der Waals surface area contributed by atoms with E-state index in [0.29, 0.717) is 11.1 Å². The first-order chi connectivity index (χ1) is 15.2. The van der Waals surface area contributed by atoms with Crippen LogP contribution in [0.3, 0.4) is 0 Å². The number of fused-ring (bicyclic) bond motifs is 1. The standard InChI is InChI=1S/C22H19N3O7/c1-10-5-6-13(18(28)17(10)27)19(29)23-9-11-3-2-4-12-16(11)22(32)25(21(12)31)14-7-8-15(26)24-20(14)30/h2-6,14,27-28H,7-9H2,1H3,(H,23,29)(H,24,26,30). The molecule has 0 spiro atoms. The molecule has 2 heterocycles. The second kappa shape index (κ2) is 7.80. The Morgan fingerprint density at radius 2 is 1.84 bits per heavy atom. The van der Waals surface area contributed by atoms with E-state index in [1.807, 2.05) is 0 Å². The third-order valence-corrected chi connectivity index (χ3v) is 5.59. The molecule has 1 fully saturated rings. The molecule has 164 valence electrons. The fraction of sp³-hybridized carbons (Fsp3) is 0.227. The molecular formula is C22H19N3O7. The maximum Gasteiger partial charge on any atom is 0.262 e. The van der Waals surface area contributed by atoms with Crippen molar-refractivity contribution in [1.29, 1.82) is 0 Å². The highest BCUT2D eigenvalue weighted by Crippen LogP contribution is 2.33. The summed E-state index contributed by atoms with van der Waals surface area (Å²) in [5, 5.41) is 24.5. The van der Waals surface area contributed by atoms with Crippen LogP contribution in [-0.2, 0) is 16.1 Å². The van der Waals surface area contributed by atoms with E-state index >= 15 is 0 Å². The SMILES string of the molecule is Cc1ccc(C(=O)NCc2cccc3c2C(=O)N(C2CCC(=O)NC2=O)C3=O)c(O)c1O. The molecule has 2 aliphatic heterocycles. The lowest BCUT2D eigenvalue weighted by molar-refractivity contribution is -0.136. The number of imide groups is 2. The first-order valence-corrected chi connectivity index (χ1v) is 9.84. The number of rotatable bonds is 4. The summed E-state index contributed by atoms with van der Waals surface area (Å²) in [7, 11) is 0. The number of hydrogen-bond acceptors (Lipinski definition) is 7. The third-order valence-electron chi connectivity index (χ3n) is 5.59. The molecule has 0 aromatic heterocycles.